The van der Waals surface area contributed by atoms with Gasteiger partial charge in [-0.1, -0.05) is 11.6 Å². The smallest absolute Gasteiger partial charge is 0.410 e. The molecule has 0 atom stereocenters. The Hall–Kier alpha value is -2.54. The molecule has 0 radical (unpaired) electrons. The van der Waals surface area contributed by atoms with Gasteiger partial charge in [0.15, 0.2) is 17.0 Å². The van der Waals surface area contributed by atoms with Crippen molar-refractivity contribution in [1.82, 2.24) is 9.88 Å². The number of halogens is 2. The Morgan fingerprint density at radius 2 is 1.87 bits per heavy atom. The molecule has 1 fully saturated rings. The molecule has 6 nitrogen and oxygen atoms in total. The number of carbonyl (C=O) groups is 1. The first kappa shape index (κ1) is 23.7. The van der Waals surface area contributed by atoms with Crippen molar-refractivity contribution in [3.8, 4) is 5.75 Å². The monoisotopic (exact) mass is 438 g/mol. The first-order valence-electron chi connectivity index (χ1n) is 9.87. The van der Waals surface area contributed by atoms with Gasteiger partial charge < -0.3 is 19.4 Å². The van der Waals surface area contributed by atoms with Gasteiger partial charge in [0.05, 0.1) is 5.69 Å². The van der Waals surface area contributed by atoms with Gasteiger partial charge in [0.1, 0.15) is 12.2 Å². The van der Waals surface area contributed by atoms with E-state index in [0.717, 1.165) is 25.9 Å². The number of amides is 1. The molecule has 2 heterocycles. The van der Waals surface area contributed by atoms with Crippen LogP contribution in [0, 0.1) is 5.82 Å². The summed E-state index contributed by atoms with van der Waals surface area (Å²) in [6.07, 6.45) is 4.81. The number of piperidine rings is 1. The van der Waals surface area contributed by atoms with E-state index in [9.17, 15) is 14.0 Å². The Morgan fingerprint density at radius 1 is 1.17 bits per heavy atom. The summed E-state index contributed by atoms with van der Waals surface area (Å²) in [5, 5.41) is 0.308. The molecule has 1 aliphatic rings. The Morgan fingerprint density at radius 3 is 2.47 bits per heavy atom. The zero-order chi connectivity index (χ0) is 22.1. The lowest BCUT2D eigenvalue weighted by Crippen LogP contribution is -2.39. The highest BCUT2D eigenvalue weighted by molar-refractivity contribution is 6.30. The number of likely N-dealkylation sites (tertiary alicyclic amines) is 1. The Balaban J connectivity index is 0.000000222. The van der Waals surface area contributed by atoms with Gasteiger partial charge in [0.25, 0.3) is 0 Å². The van der Waals surface area contributed by atoms with Gasteiger partial charge in [0.2, 0.25) is 0 Å². The summed E-state index contributed by atoms with van der Waals surface area (Å²) in [5.41, 5.74) is 0.0833. The normalized spacial score (nSPS) is 13.8. The van der Waals surface area contributed by atoms with Crippen LogP contribution < -0.4 is 10.2 Å². The number of benzene rings is 1. The predicted octanol–water partition coefficient (Wildman–Crippen LogP) is 5.15. The molecule has 3 rings (SSSR count). The molecule has 8 heteroatoms. The Kier molecular flexibility index (Phi) is 8.72. The summed E-state index contributed by atoms with van der Waals surface area (Å²) in [7, 11) is 0. The highest BCUT2D eigenvalue weighted by Crippen LogP contribution is 2.21. The van der Waals surface area contributed by atoms with Crippen LogP contribution in [0.3, 0.4) is 0 Å². The van der Waals surface area contributed by atoms with Crippen molar-refractivity contribution in [2.45, 2.75) is 52.2 Å². The molecule has 1 N–H and O–H groups in total. The number of pyridine rings is 1. The van der Waals surface area contributed by atoms with Crippen LogP contribution in [0.2, 0.25) is 5.02 Å². The van der Waals surface area contributed by atoms with E-state index in [4.69, 9.17) is 21.1 Å². The number of ether oxygens (including phenoxy) is 2. The van der Waals surface area contributed by atoms with E-state index < -0.39 is 5.82 Å². The van der Waals surface area contributed by atoms with Crippen molar-refractivity contribution in [2.75, 3.05) is 13.1 Å². The number of rotatable bonds is 3. The standard InChI is InChI=1S/C12H9ClFNO2.C10H19NO2/c13-8-1-2-12(11(14)5-8)17-7-9-6-10(16)3-4-15-9;1-10(2,3)13-9(12)11-7-5-4-6-8-11/h1-6H,7H2,(H,15,16);4-8H2,1-3H3. The Labute approximate surface area is 181 Å². The molecule has 30 heavy (non-hydrogen) atoms. The lowest BCUT2D eigenvalue weighted by molar-refractivity contribution is 0.0216. The van der Waals surface area contributed by atoms with E-state index in [-0.39, 0.29) is 29.5 Å². The van der Waals surface area contributed by atoms with Gasteiger partial charge in [-0.2, -0.15) is 0 Å². The third kappa shape index (κ3) is 8.45. The first-order valence-corrected chi connectivity index (χ1v) is 10.3. The van der Waals surface area contributed by atoms with E-state index >= 15 is 0 Å². The van der Waals surface area contributed by atoms with Crippen LogP contribution in [0.15, 0.2) is 41.3 Å². The summed E-state index contributed by atoms with van der Waals surface area (Å²) in [6, 6.07) is 6.94. The van der Waals surface area contributed by atoms with Crippen LogP contribution in [-0.4, -0.2) is 34.7 Å². The third-order valence-corrected chi connectivity index (χ3v) is 4.35. The van der Waals surface area contributed by atoms with Crippen molar-refractivity contribution in [2.24, 2.45) is 0 Å². The fourth-order valence-corrected chi connectivity index (χ4v) is 2.89. The van der Waals surface area contributed by atoms with E-state index in [1.807, 2.05) is 20.8 Å². The van der Waals surface area contributed by atoms with Crippen LogP contribution in [0.5, 0.6) is 5.75 Å². The van der Waals surface area contributed by atoms with Crippen molar-refractivity contribution in [3.63, 3.8) is 0 Å². The summed E-state index contributed by atoms with van der Waals surface area (Å²) in [6.45, 7) is 7.50. The van der Waals surface area contributed by atoms with Crippen molar-refractivity contribution in [1.29, 1.82) is 0 Å². The Bertz CT molecular complexity index is 889. The maximum absolute atomic E-state index is 13.4. The van der Waals surface area contributed by atoms with E-state index in [1.165, 1.54) is 42.9 Å². The molecule has 2 aromatic rings. The molecule has 1 aliphatic heterocycles. The number of aromatic nitrogens is 1. The second-order valence-electron chi connectivity index (χ2n) is 7.94. The maximum atomic E-state index is 13.4. The van der Waals surface area contributed by atoms with Crippen LogP contribution in [-0.2, 0) is 11.3 Å². The van der Waals surface area contributed by atoms with E-state index in [0.29, 0.717) is 10.7 Å². The second kappa shape index (κ2) is 11.0. The fourth-order valence-electron chi connectivity index (χ4n) is 2.73. The lowest BCUT2D eigenvalue weighted by Gasteiger charge is -2.29. The van der Waals surface area contributed by atoms with Crippen molar-refractivity contribution < 1.29 is 18.7 Å². The highest BCUT2D eigenvalue weighted by Gasteiger charge is 2.22. The molecule has 0 spiro atoms. The van der Waals surface area contributed by atoms with E-state index in [2.05, 4.69) is 4.98 Å². The highest BCUT2D eigenvalue weighted by atomic mass is 35.5. The van der Waals surface area contributed by atoms with E-state index in [1.54, 1.807) is 4.90 Å². The zero-order valence-electron chi connectivity index (χ0n) is 17.5. The molecule has 1 aromatic carbocycles. The summed E-state index contributed by atoms with van der Waals surface area (Å²) in [5.74, 6) is -0.435. The summed E-state index contributed by atoms with van der Waals surface area (Å²) in [4.78, 5) is 27.2. The number of nitrogens with zero attached hydrogens (tertiary/aromatic N) is 1. The van der Waals surface area contributed by atoms with Crippen LogP contribution in [0.1, 0.15) is 45.7 Å². The number of carbonyl (C=O) groups excluding carboxylic acids is 1. The predicted molar refractivity (Wildman–Crippen MR) is 114 cm³/mol. The molecule has 164 valence electrons. The van der Waals surface area contributed by atoms with Gasteiger partial charge in [-0.15, -0.1) is 0 Å². The number of H-pyrrole nitrogens is 1. The zero-order valence-corrected chi connectivity index (χ0v) is 18.3. The van der Waals surface area contributed by atoms with Crippen LogP contribution in [0.4, 0.5) is 9.18 Å². The number of hydrogen-bond acceptors (Lipinski definition) is 4. The topological polar surface area (TPSA) is 71.6 Å². The molecule has 0 unspecified atom stereocenters. The molecular formula is C22H28ClFN2O4. The minimum atomic E-state index is -0.532. The van der Waals surface area contributed by atoms with Gasteiger partial charge >= 0.3 is 6.09 Å². The average Bonchev–Trinajstić information content (AvgIpc) is 2.67. The molecular weight excluding hydrogens is 411 g/mol. The van der Waals surface area contributed by atoms with Gasteiger partial charge in [-0.3, -0.25) is 4.79 Å². The SMILES string of the molecule is CC(C)(C)OC(=O)N1CCCCC1.O=c1cc[nH]c(COc2ccc(Cl)cc2F)c1. The van der Waals surface area contributed by atoms with Crippen molar-refractivity contribution >= 4 is 17.7 Å². The molecule has 1 amide bonds. The maximum Gasteiger partial charge on any atom is 0.410 e. The molecule has 0 bridgehead atoms. The first-order chi connectivity index (χ1) is 14.1. The molecule has 0 saturated carbocycles. The third-order valence-electron chi connectivity index (χ3n) is 4.12. The molecule has 1 aromatic heterocycles. The summed E-state index contributed by atoms with van der Waals surface area (Å²) >= 11 is 5.61. The van der Waals surface area contributed by atoms with Gasteiger partial charge in [-0.25, -0.2) is 9.18 Å². The van der Waals surface area contributed by atoms with Crippen LogP contribution in [0.25, 0.3) is 0 Å². The quantitative estimate of drug-likeness (QED) is 0.719. The van der Waals surface area contributed by atoms with Gasteiger partial charge in [0, 0.05) is 36.4 Å². The fraction of sp³-hybridized carbons (Fsp3) is 0.455. The van der Waals surface area contributed by atoms with Gasteiger partial charge in [-0.05, 0) is 58.2 Å². The lowest BCUT2D eigenvalue weighted by atomic mass is 10.1. The van der Waals surface area contributed by atoms with Crippen molar-refractivity contribution in [3.05, 3.63) is 63.3 Å². The summed E-state index contributed by atoms with van der Waals surface area (Å²) < 4.78 is 23.8. The number of hydrogen-bond donors (Lipinski definition) is 1. The average molecular weight is 439 g/mol. The molecule has 1 saturated heterocycles. The minimum Gasteiger partial charge on any atom is -0.484 e. The second-order valence-corrected chi connectivity index (χ2v) is 8.38. The largest absolute Gasteiger partial charge is 0.484 e. The van der Waals surface area contributed by atoms with Crippen LogP contribution >= 0.6 is 11.6 Å². The minimum absolute atomic E-state index is 0.0919. The number of nitrogens with one attached hydrogen (secondary N) is 1. The molecule has 0 aliphatic carbocycles. The number of aromatic amines is 1.